The highest BCUT2D eigenvalue weighted by molar-refractivity contribution is 4.88. The predicted molar refractivity (Wildman–Crippen MR) is 81.0 cm³/mol. The van der Waals surface area contributed by atoms with Crippen molar-refractivity contribution < 1.29 is 0 Å². The fourth-order valence-corrected chi connectivity index (χ4v) is 3.19. The smallest absolute Gasteiger partial charge is 0.0122 e. The summed E-state index contributed by atoms with van der Waals surface area (Å²) < 4.78 is 0. The van der Waals surface area contributed by atoms with E-state index >= 15 is 0 Å². The van der Waals surface area contributed by atoms with Gasteiger partial charge < -0.3 is 10.2 Å². The standard InChI is InChI=1S/C16H34N2/c1-6-8-10-15(9-7-2)17-16-11-14(4)18(5)12-13(16)3/h13-17H,6-12H2,1-5H3. The van der Waals surface area contributed by atoms with Crippen LogP contribution in [-0.2, 0) is 0 Å². The Labute approximate surface area is 115 Å². The topological polar surface area (TPSA) is 15.3 Å². The van der Waals surface area contributed by atoms with Gasteiger partial charge in [-0.2, -0.15) is 0 Å². The van der Waals surface area contributed by atoms with Crippen molar-refractivity contribution in [3.8, 4) is 0 Å². The molecule has 4 unspecified atom stereocenters. The molecule has 18 heavy (non-hydrogen) atoms. The van der Waals surface area contributed by atoms with Crippen LogP contribution < -0.4 is 5.32 Å². The van der Waals surface area contributed by atoms with Crippen molar-refractivity contribution in [1.82, 2.24) is 10.2 Å². The molecule has 0 radical (unpaired) electrons. The van der Waals surface area contributed by atoms with Crippen LogP contribution in [0.15, 0.2) is 0 Å². The van der Waals surface area contributed by atoms with Gasteiger partial charge in [0.1, 0.15) is 0 Å². The minimum atomic E-state index is 0.726. The third-order valence-corrected chi connectivity index (χ3v) is 4.60. The number of unbranched alkanes of at least 4 members (excludes halogenated alkanes) is 1. The Hall–Kier alpha value is -0.0800. The van der Waals surface area contributed by atoms with E-state index in [4.69, 9.17) is 0 Å². The minimum Gasteiger partial charge on any atom is -0.311 e. The van der Waals surface area contributed by atoms with E-state index in [1.165, 1.54) is 45.1 Å². The maximum absolute atomic E-state index is 3.97. The van der Waals surface area contributed by atoms with Crippen molar-refractivity contribution in [1.29, 1.82) is 0 Å². The van der Waals surface area contributed by atoms with Gasteiger partial charge in [-0.3, -0.25) is 0 Å². The summed E-state index contributed by atoms with van der Waals surface area (Å²) in [6, 6.07) is 2.20. The molecule has 1 aliphatic heterocycles. The zero-order valence-electron chi connectivity index (χ0n) is 13.2. The highest BCUT2D eigenvalue weighted by Gasteiger charge is 2.29. The average molecular weight is 254 g/mol. The van der Waals surface area contributed by atoms with Gasteiger partial charge in [0.2, 0.25) is 0 Å². The van der Waals surface area contributed by atoms with E-state index in [0.717, 1.165) is 24.0 Å². The highest BCUT2D eigenvalue weighted by atomic mass is 15.2. The van der Waals surface area contributed by atoms with Crippen LogP contribution in [0.5, 0.6) is 0 Å². The van der Waals surface area contributed by atoms with Gasteiger partial charge >= 0.3 is 0 Å². The molecule has 2 heteroatoms. The molecule has 1 fully saturated rings. The molecular weight excluding hydrogens is 220 g/mol. The Bertz CT molecular complexity index is 217. The summed E-state index contributed by atoms with van der Waals surface area (Å²) in [6.45, 7) is 10.6. The van der Waals surface area contributed by atoms with Crippen molar-refractivity contribution in [3.63, 3.8) is 0 Å². The van der Waals surface area contributed by atoms with Gasteiger partial charge in [-0.15, -0.1) is 0 Å². The second kappa shape index (κ2) is 8.16. The SMILES string of the molecule is CCCCC(CCC)NC1CC(C)N(C)CC1C. The van der Waals surface area contributed by atoms with Crippen molar-refractivity contribution in [3.05, 3.63) is 0 Å². The van der Waals surface area contributed by atoms with Gasteiger partial charge in [0.15, 0.2) is 0 Å². The summed E-state index contributed by atoms with van der Waals surface area (Å²) in [6.07, 6.45) is 8.00. The molecule has 0 amide bonds. The molecule has 4 atom stereocenters. The van der Waals surface area contributed by atoms with E-state index in [-0.39, 0.29) is 0 Å². The maximum Gasteiger partial charge on any atom is 0.0122 e. The van der Waals surface area contributed by atoms with Crippen molar-refractivity contribution in [2.45, 2.75) is 84.3 Å². The van der Waals surface area contributed by atoms with E-state index in [9.17, 15) is 0 Å². The zero-order chi connectivity index (χ0) is 13.5. The number of nitrogens with zero attached hydrogens (tertiary/aromatic N) is 1. The number of hydrogen-bond donors (Lipinski definition) is 1. The summed E-state index contributed by atoms with van der Waals surface area (Å²) in [5.74, 6) is 0.784. The van der Waals surface area contributed by atoms with Crippen LogP contribution in [0.3, 0.4) is 0 Å². The quantitative estimate of drug-likeness (QED) is 0.746. The van der Waals surface area contributed by atoms with Crippen LogP contribution in [0.2, 0.25) is 0 Å². The van der Waals surface area contributed by atoms with Crippen LogP contribution in [0.1, 0.15) is 66.2 Å². The summed E-state index contributed by atoms with van der Waals surface area (Å²) in [5.41, 5.74) is 0. The number of hydrogen-bond acceptors (Lipinski definition) is 2. The number of likely N-dealkylation sites (tertiary alicyclic amines) is 1. The number of piperidine rings is 1. The third kappa shape index (κ3) is 4.89. The first-order valence-corrected chi connectivity index (χ1v) is 8.04. The average Bonchev–Trinajstić information content (AvgIpc) is 2.33. The van der Waals surface area contributed by atoms with Gasteiger partial charge in [-0.25, -0.2) is 0 Å². The molecule has 108 valence electrons. The lowest BCUT2D eigenvalue weighted by molar-refractivity contribution is 0.113. The van der Waals surface area contributed by atoms with E-state index in [1.54, 1.807) is 0 Å². The number of nitrogens with one attached hydrogen (secondary N) is 1. The van der Waals surface area contributed by atoms with E-state index in [1.807, 2.05) is 0 Å². The Morgan fingerprint density at radius 2 is 1.89 bits per heavy atom. The Kier molecular flexibility index (Phi) is 7.25. The summed E-state index contributed by atoms with van der Waals surface area (Å²) in [5, 5.41) is 3.97. The van der Waals surface area contributed by atoms with Crippen molar-refractivity contribution in [2.24, 2.45) is 5.92 Å². The molecule has 1 N–H and O–H groups in total. The molecule has 0 aromatic carbocycles. The van der Waals surface area contributed by atoms with Crippen LogP contribution in [0.4, 0.5) is 0 Å². The lowest BCUT2D eigenvalue weighted by Crippen LogP contribution is -2.53. The van der Waals surface area contributed by atoms with Crippen LogP contribution in [0.25, 0.3) is 0 Å². The molecule has 0 aromatic heterocycles. The maximum atomic E-state index is 3.97. The molecule has 1 heterocycles. The predicted octanol–water partition coefficient (Wildman–Crippen LogP) is 3.66. The third-order valence-electron chi connectivity index (χ3n) is 4.60. The Morgan fingerprint density at radius 3 is 2.50 bits per heavy atom. The highest BCUT2D eigenvalue weighted by Crippen LogP contribution is 2.22. The molecule has 0 aliphatic carbocycles. The van der Waals surface area contributed by atoms with Gasteiger partial charge in [-0.05, 0) is 39.2 Å². The summed E-state index contributed by atoms with van der Waals surface area (Å²) in [7, 11) is 2.26. The molecule has 0 aromatic rings. The lowest BCUT2D eigenvalue weighted by Gasteiger charge is -2.41. The second-order valence-electron chi connectivity index (χ2n) is 6.40. The van der Waals surface area contributed by atoms with Crippen LogP contribution >= 0.6 is 0 Å². The zero-order valence-corrected chi connectivity index (χ0v) is 13.2. The second-order valence-corrected chi connectivity index (χ2v) is 6.40. The number of rotatable bonds is 7. The molecule has 0 spiro atoms. The van der Waals surface area contributed by atoms with Crippen LogP contribution in [-0.4, -0.2) is 36.6 Å². The van der Waals surface area contributed by atoms with E-state index < -0.39 is 0 Å². The van der Waals surface area contributed by atoms with Gasteiger partial charge in [0.05, 0.1) is 0 Å². The van der Waals surface area contributed by atoms with E-state index in [0.29, 0.717) is 0 Å². The molecular formula is C16H34N2. The fourth-order valence-electron chi connectivity index (χ4n) is 3.19. The van der Waals surface area contributed by atoms with Gasteiger partial charge in [0.25, 0.3) is 0 Å². The molecule has 0 bridgehead atoms. The summed E-state index contributed by atoms with van der Waals surface area (Å²) in [4.78, 5) is 2.50. The largest absolute Gasteiger partial charge is 0.311 e. The van der Waals surface area contributed by atoms with Crippen molar-refractivity contribution in [2.75, 3.05) is 13.6 Å². The fraction of sp³-hybridized carbons (Fsp3) is 1.00. The van der Waals surface area contributed by atoms with Crippen LogP contribution in [0, 0.1) is 5.92 Å². The van der Waals surface area contributed by atoms with Gasteiger partial charge in [-0.1, -0.05) is 40.0 Å². The molecule has 1 saturated heterocycles. The Balaban J connectivity index is 2.46. The molecule has 1 rings (SSSR count). The normalized spacial score (nSPS) is 31.5. The first-order valence-electron chi connectivity index (χ1n) is 8.04. The van der Waals surface area contributed by atoms with Crippen molar-refractivity contribution >= 4 is 0 Å². The lowest BCUT2D eigenvalue weighted by atomic mass is 9.88. The monoisotopic (exact) mass is 254 g/mol. The summed E-state index contributed by atoms with van der Waals surface area (Å²) >= 11 is 0. The first kappa shape index (κ1) is 16.0. The minimum absolute atomic E-state index is 0.726. The molecule has 2 nitrogen and oxygen atoms in total. The Morgan fingerprint density at radius 1 is 1.17 bits per heavy atom. The van der Waals surface area contributed by atoms with Gasteiger partial charge in [0, 0.05) is 24.7 Å². The molecule has 0 saturated carbocycles. The first-order chi connectivity index (χ1) is 8.58. The molecule has 1 aliphatic rings. The van der Waals surface area contributed by atoms with E-state index in [2.05, 4.69) is 45.0 Å².